The van der Waals surface area contributed by atoms with E-state index in [1.54, 1.807) is 23.1 Å². The highest BCUT2D eigenvalue weighted by Crippen LogP contribution is 2.18. The van der Waals surface area contributed by atoms with E-state index in [2.05, 4.69) is 5.32 Å². The van der Waals surface area contributed by atoms with Gasteiger partial charge in [-0.05, 0) is 42.7 Å². The topological polar surface area (TPSA) is 52.7 Å². The molecule has 0 atom stereocenters. The fourth-order valence-electron chi connectivity index (χ4n) is 3.35. The molecule has 5 nitrogen and oxygen atoms in total. The molecule has 1 N–H and O–H groups in total. The minimum absolute atomic E-state index is 0.0557. The lowest BCUT2D eigenvalue weighted by molar-refractivity contribution is -0.132. The van der Waals surface area contributed by atoms with Crippen LogP contribution < -0.4 is 5.32 Å². The molecule has 2 amide bonds. The van der Waals surface area contributed by atoms with Crippen molar-refractivity contribution in [1.29, 1.82) is 0 Å². The normalized spacial score (nSPS) is 14.8. The summed E-state index contributed by atoms with van der Waals surface area (Å²) in [6, 6.07) is 12.2. The van der Waals surface area contributed by atoms with Gasteiger partial charge in [-0.3, -0.25) is 14.5 Å². The minimum atomic E-state index is -0.349. The molecular weight excluding hydrogens is 357 g/mol. The lowest BCUT2D eigenvalue weighted by Gasteiger charge is -2.34. The van der Waals surface area contributed by atoms with Crippen LogP contribution in [0.15, 0.2) is 42.5 Å². The number of amides is 2. The first-order chi connectivity index (χ1) is 13.4. The molecule has 1 fully saturated rings. The van der Waals surface area contributed by atoms with E-state index in [0.717, 1.165) is 16.8 Å². The molecule has 2 aromatic rings. The van der Waals surface area contributed by atoms with Gasteiger partial charge in [0.05, 0.1) is 13.0 Å². The Labute approximate surface area is 165 Å². The van der Waals surface area contributed by atoms with Gasteiger partial charge in [-0.1, -0.05) is 30.3 Å². The Hall–Kier alpha value is -2.73. The van der Waals surface area contributed by atoms with Crippen LogP contribution in [-0.4, -0.2) is 54.3 Å². The van der Waals surface area contributed by atoms with Crippen LogP contribution in [0.1, 0.15) is 16.7 Å². The number of carbonyl (C=O) groups is 2. The Bertz CT molecular complexity index is 861. The fourth-order valence-corrected chi connectivity index (χ4v) is 3.35. The molecular formula is C22H26FN3O2. The standard InChI is InChI=1S/C22H26FN3O2/c1-16-6-5-9-20(17(16)2)24-21(27)15-25-10-12-26(13-11-25)22(28)14-18-7-3-4-8-19(18)23/h3-9H,10-15H2,1-2H3,(H,24,27). The Morgan fingerprint density at radius 3 is 2.43 bits per heavy atom. The van der Waals surface area contributed by atoms with E-state index in [0.29, 0.717) is 38.3 Å². The number of benzene rings is 2. The van der Waals surface area contributed by atoms with Gasteiger partial charge >= 0.3 is 0 Å². The number of nitrogens with one attached hydrogen (secondary N) is 1. The van der Waals surface area contributed by atoms with Crippen molar-refractivity contribution in [2.24, 2.45) is 0 Å². The van der Waals surface area contributed by atoms with Crippen molar-refractivity contribution < 1.29 is 14.0 Å². The predicted molar refractivity (Wildman–Crippen MR) is 108 cm³/mol. The number of nitrogens with zero attached hydrogens (tertiary/aromatic N) is 2. The van der Waals surface area contributed by atoms with Crippen molar-refractivity contribution >= 4 is 17.5 Å². The van der Waals surface area contributed by atoms with Gasteiger partial charge in [-0.15, -0.1) is 0 Å². The lowest BCUT2D eigenvalue weighted by atomic mass is 10.1. The van der Waals surface area contributed by atoms with E-state index < -0.39 is 0 Å². The summed E-state index contributed by atoms with van der Waals surface area (Å²) in [6.45, 7) is 6.65. The molecule has 0 unspecified atom stereocenters. The number of carbonyl (C=O) groups excluding carboxylic acids is 2. The van der Waals surface area contributed by atoms with Crippen LogP contribution in [0.5, 0.6) is 0 Å². The maximum Gasteiger partial charge on any atom is 0.238 e. The van der Waals surface area contributed by atoms with Crippen molar-refractivity contribution in [1.82, 2.24) is 9.80 Å². The molecule has 0 saturated carbocycles. The first-order valence-corrected chi connectivity index (χ1v) is 9.53. The molecule has 2 aromatic carbocycles. The highest BCUT2D eigenvalue weighted by atomic mass is 19.1. The molecule has 148 valence electrons. The summed E-state index contributed by atoms with van der Waals surface area (Å²) in [5.41, 5.74) is 3.46. The number of piperazine rings is 1. The number of halogens is 1. The van der Waals surface area contributed by atoms with Gasteiger partial charge in [0.2, 0.25) is 11.8 Å². The van der Waals surface area contributed by atoms with Crippen LogP contribution >= 0.6 is 0 Å². The molecule has 0 radical (unpaired) electrons. The first-order valence-electron chi connectivity index (χ1n) is 9.53. The highest BCUT2D eigenvalue weighted by molar-refractivity contribution is 5.93. The third-order valence-corrected chi connectivity index (χ3v) is 5.27. The van der Waals surface area contributed by atoms with Crippen LogP contribution in [-0.2, 0) is 16.0 Å². The zero-order chi connectivity index (χ0) is 20.1. The average Bonchev–Trinajstić information content (AvgIpc) is 2.68. The summed E-state index contributed by atoms with van der Waals surface area (Å²) in [6.07, 6.45) is 0.0692. The molecule has 0 aliphatic carbocycles. The number of rotatable bonds is 5. The van der Waals surface area contributed by atoms with E-state index in [9.17, 15) is 14.0 Å². The van der Waals surface area contributed by atoms with Crippen LogP contribution in [0.25, 0.3) is 0 Å². The van der Waals surface area contributed by atoms with Gasteiger partial charge in [0.15, 0.2) is 0 Å². The number of hydrogen-bond acceptors (Lipinski definition) is 3. The average molecular weight is 383 g/mol. The maximum atomic E-state index is 13.7. The second kappa shape index (κ2) is 8.97. The third kappa shape index (κ3) is 4.95. The molecule has 1 saturated heterocycles. The van der Waals surface area contributed by atoms with E-state index in [1.807, 2.05) is 36.9 Å². The van der Waals surface area contributed by atoms with E-state index in [4.69, 9.17) is 0 Å². The lowest BCUT2D eigenvalue weighted by Crippen LogP contribution is -2.50. The molecule has 1 aliphatic heterocycles. The van der Waals surface area contributed by atoms with E-state index in [1.165, 1.54) is 6.07 Å². The molecule has 3 rings (SSSR count). The second-order valence-electron chi connectivity index (χ2n) is 7.22. The van der Waals surface area contributed by atoms with Crippen molar-refractivity contribution in [2.45, 2.75) is 20.3 Å². The van der Waals surface area contributed by atoms with Crippen molar-refractivity contribution in [3.63, 3.8) is 0 Å². The summed E-state index contributed by atoms with van der Waals surface area (Å²) in [5, 5.41) is 2.97. The van der Waals surface area contributed by atoms with Crippen molar-refractivity contribution in [3.8, 4) is 0 Å². The Morgan fingerprint density at radius 1 is 1.00 bits per heavy atom. The maximum absolute atomic E-state index is 13.7. The largest absolute Gasteiger partial charge is 0.340 e. The molecule has 1 aliphatic rings. The summed E-state index contributed by atoms with van der Waals surface area (Å²) >= 11 is 0. The van der Waals surface area contributed by atoms with E-state index in [-0.39, 0.29) is 24.1 Å². The van der Waals surface area contributed by atoms with Crippen molar-refractivity contribution in [3.05, 3.63) is 65.0 Å². The van der Waals surface area contributed by atoms with Crippen LogP contribution in [0, 0.1) is 19.7 Å². The quantitative estimate of drug-likeness (QED) is 0.864. The monoisotopic (exact) mass is 383 g/mol. The third-order valence-electron chi connectivity index (χ3n) is 5.27. The molecule has 1 heterocycles. The smallest absolute Gasteiger partial charge is 0.238 e. The number of anilines is 1. The Balaban J connectivity index is 1.47. The zero-order valence-electron chi connectivity index (χ0n) is 16.4. The SMILES string of the molecule is Cc1cccc(NC(=O)CN2CCN(C(=O)Cc3ccccc3F)CC2)c1C. The number of hydrogen-bond donors (Lipinski definition) is 1. The van der Waals surface area contributed by atoms with Crippen LogP contribution in [0.4, 0.5) is 10.1 Å². The molecule has 0 aromatic heterocycles. The minimum Gasteiger partial charge on any atom is -0.340 e. The first kappa shape index (κ1) is 20.0. The van der Waals surface area contributed by atoms with Gasteiger partial charge in [0.1, 0.15) is 5.82 Å². The highest BCUT2D eigenvalue weighted by Gasteiger charge is 2.23. The van der Waals surface area contributed by atoms with Gasteiger partial charge in [-0.25, -0.2) is 4.39 Å². The summed E-state index contributed by atoms with van der Waals surface area (Å²) in [4.78, 5) is 28.6. The van der Waals surface area contributed by atoms with Gasteiger partial charge < -0.3 is 10.2 Å². The Morgan fingerprint density at radius 2 is 1.71 bits per heavy atom. The molecule has 0 spiro atoms. The number of aryl methyl sites for hydroxylation is 1. The molecule has 28 heavy (non-hydrogen) atoms. The summed E-state index contributed by atoms with van der Waals surface area (Å²) in [5.74, 6) is -0.484. The Kier molecular flexibility index (Phi) is 6.41. The van der Waals surface area contributed by atoms with Crippen molar-refractivity contribution in [2.75, 3.05) is 38.0 Å². The van der Waals surface area contributed by atoms with Crippen LogP contribution in [0.2, 0.25) is 0 Å². The van der Waals surface area contributed by atoms with Gasteiger partial charge in [0, 0.05) is 31.9 Å². The van der Waals surface area contributed by atoms with Gasteiger partial charge in [-0.2, -0.15) is 0 Å². The van der Waals surface area contributed by atoms with Crippen LogP contribution in [0.3, 0.4) is 0 Å². The summed E-state index contributed by atoms with van der Waals surface area (Å²) < 4.78 is 13.7. The van der Waals surface area contributed by atoms with Gasteiger partial charge in [0.25, 0.3) is 0 Å². The predicted octanol–water partition coefficient (Wildman–Crippen LogP) is 2.77. The molecule has 6 heteroatoms. The molecule has 0 bridgehead atoms. The summed E-state index contributed by atoms with van der Waals surface area (Å²) in [7, 11) is 0. The van der Waals surface area contributed by atoms with E-state index >= 15 is 0 Å². The zero-order valence-corrected chi connectivity index (χ0v) is 16.4. The second-order valence-corrected chi connectivity index (χ2v) is 7.22. The fraction of sp³-hybridized carbons (Fsp3) is 0.364.